The number of aryl methyl sites for hydroxylation is 1. The number of hydrogen-bond donors (Lipinski definition) is 1. The number of nitrogens with one attached hydrogen (secondary N) is 1. The van der Waals surface area contributed by atoms with E-state index in [0.717, 1.165) is 31.1 Å². The van der Waals surface area contributed by atoms with Gasteiger partial charge >= 0.3 is 0 Å². The average molecular weight is 433 g/mol. The molecule has 0 saturated carbocycles. The molecule has 2 rings (SSSR count). The molecule has 0 bridgehead atoms. The van der Waals surface area contributed by atoms with Gasteiger partial charge in [0, 0.05) is 15.4 Å². The van der Waals surface area contributed by atoms with Gasteiger partial charge in [-0.1, -0.05) is 15.9 Å². The van der Waals surface area contributed by atoms with Crippen molar-refractivity contribution < 1.29 is 4.74 Å². The number of anilines is 1. The Bertz CT molecular complexity index is 656. The molecule has 0 spiro atoms. The van der Waals surface area contributed by atoms with E-state index in [1.54, 1.807) is 6.21 Å². The van der Waals surface area contributed by atoms with Gasteiger partial charge < -0.3 is 4.74 Å². The molecule has 0 aliphatic carbocycles. The zero-order valence-electron chi connectivity index (χ0n) is 11.9. The Kier molecular flexibility index (Phi) is 5.78. The largest absolute Gasteiger partial charge is 0.489 e. The van der Waals surface area contributed by atoms with Gasteiger partial charge in [0.15, 0.2) is 0 Å². The molecule has 112 valence electrons. The van der Waals surface area contributed by atoms with Crippen molar-refractivity contribution in [2.75, 3.05) is 5.43 Å². The van der Waals surface area contributed by atoms with Crippen LogP contribution in [0.5, 0.6) is 5.75 Å². The van der Waals surface area contributed by atoms with Crippen LogP contribution in [0.3, 0.4) is 0 Å². The third-order valence-corrected chi connectivity index (χ3v) is 4.29. The first kappa shape index (κ1) is 16.5. The smallest absolute Gasteiger partial charge is 0.203 e. The van der Waals surface area contributed by atoms with Gasteiger partial charge in [0.05, 0.1) is 22.5 Å². The van der Waals surface area contributed by atoms with Crippen LogP contribution in [0, 0.1) is 6.92 Å². The molecule has 21 heavy (non-hydrogen) atoms. The molecule has 0 aliphatic heterocycles. The highest BCUT2D eigenvalue weighted by atomic mass is 79.9. The molecule has 0 amide bonds. The summed E-state index contributed by atoms with van der Waals surface area (Å²) >= 11 is 8.51. The first-order chi connectivity index (χ1) is 9.95. The van der Waals surface area contributed by atoms with Crippen molar-refractivity contribution in [1.82, 2.24) is 4.98 Å². The molecule has 7 heteroatoms. The van der Waals surface area contributed by atoms with Gasteiger partial charge in [-0.05, 0) is 48.8 Å². The normalized spacial score (nSPS) is 11.3. The summed E-state index contributed by atoms with van der Waals surface area (Å²) < 4.78 is 7.68. The summed E-state index contributed by atoms with van der Waals surface area (Å²) in [6, 6.07) is 3.91. The fourth-order valence-electron chi connectivity index (χ4n) is 1.60. The van der Waals surface area contributed by atoms with E-state index in [1.165, 1.54) is 11.3 Å². The number of benzene rings is 1. The average Bonchev–Trinajstić information content (AvgIpc) is 2.79. The highest BCUT2D eigenvalue weighted by molar-refractivity contribution is 9.11. The fraction of sp³-hybridized carbons (Fsp3) is 0.286. The molecule has 0 aliphatic rings. The summed E-state index contributed by atoms with van der Waals surface area (Å²) in [5.41, 5.74) is 4.78. The van der Waals surface area contributed by atoms with E-state index in [9.17, 15) is 0 Å². The van der Waals surface area contributed by atoms with Crippen LogP contribution >= 0.6 is 43.2 Å². The van der Waals surface area contributed by atoms with Crippen molar-refractivity contribution in [2.24, 2.45) is 5.10 Å². The van der Waals surface area contributed by atoms with E-state index < -0.39 is 0 Å². The van der Waals surface area contributed by atoms with Crippen LogP contribution in [0.2, 0.25) is 0 Å². The maximum atomic E-state index is 5.84. The highest BCUT2D eigenvalue weighted by Gasteiger charge is 2.10. The van der Waals surface area contributed by atoms with Crippen LogP contribution in [0.15, 0.2) is 31.6 Å². The number of nitrogens with zero attached hydrogens (tertiary/aromatic N) is 2. The molecule has 2 aromatic rings. The SMILES string of the molecule is Cc1csc(NN=Cc2cc(Br)cc(Br)c2OC(C)C)n1. The second-order valence-corrected chi connectivity index (χ2v) is 7.26. The Morgan fingerprint density at radius 1 is 1.38 bits per heavy atom. The number of ether oxygens (including phenoxy) is 1. The molecule has 4 nitrogen and oxygen atoms in total. The van der Waals surface area contributed by atoms with Crippen molar-refractivity contribution >= 4 is 54.5 Å². The van der Waals surface area contributed by atoms with Gasteiger partial charge in [0.1, 0.15) is 5.75 Å². The van der Waals surface area contributed by atoms with Gasteiger partial charge in [0.25, 0.3) is 0 Å². The molecule has 1 aromatic heterocycles. The van der Waals surface area contributed by atoms with Gasteiger partial charge in [0.2, 0.25) is 5.13 Å². The molecule has 0 unspecified atom stereocenters. The van der Waals surface area contributed by atoms with E-state index >= 15 is 0 Å². The lowest BCUT2D eigenvalue weighted by Crippen LogP contribution is -2.08. The van der Waals surface area contributed by atoms with Crippen LogP contribution in [0.25, 0.3) is 0 Å². The lowest BCUT2D eigenvalue weighted by Gasteiger charge is -2.14. The van der Waals surface area contributed by atoms with Crippen molar-refractivity contribution in [3.8, 4) is 5.75 Å². The molecule has 0 radical (unpaired) electrons. The monoisotopic (exact) mass is 431 g/mol. The van der Waals surface area contributed by atoms with Crippen LogP contribution in [0.1, 0.15) is 25.1 Å². The van der Waals surface area contributed by atoms with Crippen molar-refractivity contribution in [3.05, 3.63) is 37.7 Å². The summed E-state index contributed by atoms with van der Waals surface area (Å²) in [4.78, 5) is 4.29. The van der Waals surface area contributed by atoms with Crippen LogP contribution in [-0.4, -0.2) is 17.3 Å². The molecule has 0 atom stereocenters. The molecule has 1 N–H and O–H groups in total. The Hall–Kier alpha value is -0.920. The number of halogens is 2. The maximum Gasteiger partial charge on any atom is 0.203 e. The third kappa shape index (κ3) is 4.79. The van der Waals surface area contributed by atoms with Crippen LogP contribution in [-0.2, 0) is 0 Å². The zero-order chi connectivity index (χ0) is 15.4. The lowest BCUT2D eigenvalue weighted by molar-refractivity contribution is 0.240. The maximum absolute atomic E-state index is 5.84. The number of rotatable bonds is 5. The Morgan fingerprint density at radius 2 is 2.14 bits per heavy atom. The van der Waals surface area contributed by atoms with Gasteiger partial charge in [-0.25, -0.2) is 4.98 Å². The van der Waals surface area contributed by atoms with Crippen molar-refractivity contribution in [2.45, 2.75) is 26.9 Å². The summed E-state index contributed by atoms with van der Waals surface area (Å²) in [7, 11) is 0. The van der Waals surface area contributed by atoms with E-state index in [-0.39, 0.29) is 6.10 Å². The van der Waals surface area contributed by atoms with Crippen LogP contribution < -0.4 is 10.2 Å². The summed E-state index contributed by atoms with van der Waals surface area (Å²) in [6.45, 7) is 5.93. The third-order valence-electron chi connectivity index (χ3n) is 2.37. The van der Waals surface area contributed by atoms with Crippen molar-refractivity contribution in [3.63, 3.8) is 0 Å². The zero-order valence-corrected chi connectivity index (χ0v) is 15.8. The highest BCUT2D eigenvalue weighted by Crippen LogP contribution is 2.32. The fourth-order valence-corrected chi connectivity index (χ4v) is 3.59. The number of hydrogen-bond acceptors (Lipinski definition) is 5. The van der Waals surface area contributed by atoms with Crippen LogP contribution in [0.4, 0.5) is 5.13 Å². The van der Waals surface area contributed by atoms with Gasteiger partial charge in [-0.15, -0.1) is 11.3 Å². The number of hydrazone groups is 1. The van der Waals surface area contributed by atoms with E-state index in [2.05, 4.69) is 47.4 Å². The minimum Gasteiger partial charge on any atom is -0.489 e. The molecular formula is C14H15Br2N3OS. The predicted molar refractivity (Wildman–Crippen MR) is 95.7 cm³/mol. The van der Waals surface area contributed by atoms with E-state index in [0.29, 0.717) is 0 Å². The Morgan fingerprint density at radius 3 is 2.76 bits per heavy atom. The minimum atomic E-state index is 0.0872. The first-order valence-electron chi connectivity index (χ1n) is 6.32. The Balaban J connectivity index is 2.21. The number of aromatic nitrogens is 1. The van der Waals surface area contributed by atoms with Gasteiger partial charge in [-0.2, -0.15) is 5.10 Å². The topological polar surface area (TPSA) is 46.5 Å². The molecule has 1 aromatic carbocycles. The second kappa shape index (κ2) is 7.38. The lowest BCUT2D eigenvalue weighted by atomic mass is 10.2. The summed E-state index contributed by atoms with van der Waals surface area (Å²) in [6.07, 6.45) is 1.81. The molecule has 1 heterocycles. The van der Waals surface area contributed by atoms with E-state index in [1.807, 2.05) is 38.3 Å². The summed E-state index contributed by atoms with van der Waals surface area (Å²) in [5, 5.41) is 6.97. The summed E-state index contributed by atoms with van der Waals surface area (Å²) in [5.74, 6) is 0.772. The molecular weight excluding hydrogens is 418 g/mol. The molecule has 0 fully saturated rings. The van der Waals surface area contributed by atoms with Gasteiger partial charge in [-0.3, -0.25) is 5.43 Å². The minimum absolute atomic E-state index is 0.0872. The molecule has 0 saturated heterocycles. The Labute approximate surface area is 144 Å². The second-order valence-electron chi connectivity index (χ2n) is 4.64. The predicted octanol–water partition coefficient (Wildman–Crippen LogP) is 5.21. The number of thiazole rings is 1. The first-order valence-corrected chi connectivity index (χ1v) is 8.79. The quantitative estimate of drug-likeness (QED) is 0.521. The van der Waals surface area contributed by atoms with Crippen molar-refractivity contribution in [1.29, 1.82) is 0 Å². The van der Waals surface area contributed by atoms with E-state index in [4.69, 9.17) is 4.74 Å². The standard InChI is InChI=1S/C14H15Br2N3OS/c1-8(2)20-13-10(4-11(15)5-12(13)16)6-17-19-14-18-9(3)7-21-14/h4-8H,1-3H3,(H,18,19).